The van der Waals surface area contributed by atoms with Crippen LogP contribution < -0.4 is 10.2 Å². The van der Waals surface area contributed by atoms with Crippen LogP contribution in [0.15, 0.2) is 18.2 Å². The van der Waals surface area contributed by atoms with Crippen molar-refractivity contribution in [2.45, 2.75) is 45.3 Å². The Morgan fingerprint density at radius 1 is 1.48 bits per heavy atom. The molecule has 0 aromatic heterocycles. The van der Waals surface area contributed by atoms with E-state index in [1.165, 1.54) is 5.69 Å². The van der Waals surface area contributed by atoms with Gasteiger partial charge in [-0.15, -0.1) is 0 Å². The van der Waals surface area contributed by atoms with Gasteiger partial charge < -0.3 is 15.0 Å². The Hall–Kier alpha value is -0.770. The van der Waals surface area contributed by atoms with E-state index in [1.807, 2.05) is 0 Å². The minimum Gasteiger partial charge on any atom is -0.377 e. The lowest BCUT2D eigenvalue weighted by Crippen LogP contribution is -2.47. The van der Waals surface area contributed by atoms with Crippen LogP contribution in [0.3, 0.4) is 0 Å². The molecule has 1 aromatic rings. The smallest absolute Gasteiger partial charge is 0.0825 e. The summed E-state index contributed by atoms with van der Waals surface area (Å²) in [5, 5.41) is 4.24. The van der Waals surface area contributed by atoms with Gasteiger partial charge in [0.25, 0.3) is 0 Å². The summed E-state index contributed by atoms with van der Waals surface area (Å²) in [4.78, 5) is 2.38. The number of nitrogens with zero attached hydrogens (tertiary/aromatic N) is 1. The van der Waals surface area contributed by atoms with Gasteiger partial charge >= 0.3 is 0 Å². The molecule has 1 fully saturated rings. The third-order valence-corrected chi connectivity index (χ3v) is 4.81. The van der Waals surface area contributed by atoms with Gasteiger partial charge in [-0.05, 0) is 50.9 Å². The van der Waals surface area contributed by atoms with E-state index in [0.29, 0.717) is 0 Å². The van der Waals surface area contributed by atoms with E-state index in [1.54, 1.807) is 7.11 Å². The molecule has 0 spiro atoms. The van der Waals surface area contributed by atoms with Gasteiger partial charge in [0, 0.05) is 37.0 Å². The molecule has 1 saturated heterocycles. The summed E-state index contributed by atoms with van der Waals surface area (Å²) >= 11 is 6.49. The van der Waals surface area contributed by atoms with Crippen LogP contribution in [0.1, 0.15) is 45.2 Å². The lowest BCUT2D eigenvalue weighted by molar-refractivity contribution is -0.00465. The molecule has 118 valence electrons. The number of piperidine rings is 1. The number of benzene rings is 1. The SMILES string of the molecule is CCNC(C)c1ccc(N2CCCC(C)(OC)C2)cc1Cl. The average Bonchev–Trinajstić information content (AvgIpc) is 2.47. The predicted molar refractivity (Wildman–Crippen MR) is 90.4 cm³/mol. The molecule has 1 aliphatic rings. The lowest BCUT2D eigenvalue weighted by atomic mass is 9.94. The quantitative estimate of drug-likeness (QED) is 0.889. The molecule has 3 nitrogen and oxygen atoms in total. The second-order valence-corrected chi connectivity index (χ2v) is 6.57. The van der Waals surface area contributed by atoms with Crippen LogP contribution in [0.4, 0.5) is 5.69 Å². The second kappa shape index (κ2) is 6.99. The van der Waals surface area contributed by atoms with Gasteiger partial charge in [-0.2, -0.15) is 0 Å². The second-order valence-electron chi connectivity index (χ2n) is 6.16. The molecule has 1 heterocycles. The fraction of sp³-hybridized carbons (Fsp3) is 0.647. The molecular weight excluding hydrogens is 284 g/mol. The van der Waals surface area contributed by atoms with Crippen molar-refractivity contribution in [1.29, 1.82) is 0 Å². The van der Waals surface area contributed by atoms with Crippen molar-refractivity contribution in [3.8, 4) is 0 Å². The number of nitrogens with one attached hydrogen (secondary N) is 1. The average molecular weight is 311 g/mol. The van der Waals surface area contributed by atoms with Gasteiger partial charge in [-0.3, -0.25) is 0 Å². The number of halogens is 1. The molecular formula is C17H27ClN2O. The lowest BCUT2D eigenvalue weighted by Gasteiger charge is -2.40. The maximum Gasteiger partial charge on any atom is 0.0825 e. The van der Waals surface area contributed by atoms with Crippen molar-refractivity contribution in [2.24, 2.45) is 0 Å². The minimum absolute atomic E-state index is 0.0551. The third-order valence-electron chi connectivity index (χ3n) is 4.48. The largest absolute Gasteiger partial charge is 0.377 e. The molecule has 0 amide bonds. The number of ether oxygens (including phenoxy) is 1. The monoisotopic (exact) mass is 310 g/mol. The van der Waals surface area contributed by atoms with Gasteiger partial charge in [0.2, 0.25) is 0 Å². The van der Waals surface area contributed by atoms with E-state index in [2.05, 4.69) is 49.2 Å². The van der Waals surface area contributed by atoms with Gasteiger partial charge in [0.05, 0.1) is 5.60 Å². The molecule has 2 unspecified atom stereocenters. The molecule has 0 bridgehead atoms. The molecule has 0 radical (unpaired) electrons. The highest BCUT2D eigenvalue weighted by Gasteiger charge is 2.31. The predicted octanol–water partition coefficient (Wildman–Crippen LogP) is 4.02. The van der Waals surface area contributed by atoms with E-state index in [-0.39, 0.29) is 11.6 Å². The summed E-state index contributed by atoms with van der Waals surface area (Å²) in [5.74, 6) is 0. The molecule has 2 atom stereocenters. The normalized spacial score (nSPS) is 24.1. The Morgan fingerprint density at radius 3 is 2.86 bits per heavy atom. The molecule has 1 aliphatic heterocycles. The standard InChI is InChI=1S/C17H27ClN2O/c1-5-19-13(2)15-8-7-14(11-16(15)18)20-10-6-9-17(3,12-20)21-4/h7-8,11,13,19H,5-6,9-10,12H2,1-4H3. The minimum atomic E-state index is -0.0551. The van der Waals surface area contributed by atoms with Crippen molar-refractivity contribution in [3.05, 3.63) is 28.8 Å². The Kier molecular flexibility index (Phi) is 5.53. The fourth-order valence-electron chi connectivity index (χ4n) is 3.07. The van der Waals surface area contributed by atoms with Crippen molar-refractivity contribution in [1.82, 2.24) is 5.32 Å². The van der Waals surface area contributed by atoms with Crippen LogP contribution in [0.2, 0.25) is 5.02 Å². The van der Waals surface area contributed by atoms with Crippen LogP contribution in [-0.4, -0.2) is 32.3 Å². The summed E-state index contributed by atoms with van der Waals surface area (Å²) in [6.45, 7) is 9.37. The Bertz CT molecular complexity index is 480. The Morgan fingerprint density at radius 2 is 2.24 bits per heavy atom. The summed E-state index contributed by atoms with van der Waals surface area (Å²) in [7, 11) is 1.80. The Labute approximate surface area is 133 Å². The highest BCUT2D eigenvalue weighted by atomic mass is 35.5. The topological polar surface area (TPSA) is 24.5 Å². The third kappa shape index (κ3) is 3.91. The Balaban J connectivity index is 2.16. The maximum atomic E-state index is 6.49. The van der Waals surface area contributed by atoms with Crippen LogP contribution in [0, 0.1) is 0 Å². The number of hydrogen-bond acceptors (Lipinski definition) is 3. The van der Waals surface area contributed by atoms with E-state index >= 15 is 0 Å². The first-order valence-electron chi connectivity index (χ1n) is 7.82. The van der Waals surface area contributed by atoms with Gasteiger partial charge in [0.1, 0.15) is 0 Å². The fourth-order valence-corrected chi connectivity index (χ4v) is 3.41. The van der Waals surface area contributed by atoms with E-state index in [9.17, 15) is 0 Å². The number of anilines is 1. The van der Waals surface area contributed by atoms with Gasteiger partial charge in [-0.25, -0.2) is 0 Å². The van der Waals surface area contributed by atoms with Crippen molar-refractivity contribution < 1.29 is 4.74 Å². The maximum absolute atomic E-state index is 6.49. The molecule has 4 heteroatoms. The molecule has 2 rings (SSSR count). The zero-order valence-corrected chi connectivity index (χ0v) is 14.3. The van der Waals surface area contributed by atoms with E-state index in [4.69, 9.17) is 16.3 Å². The first-order chi connectivity index (χ1) is 9.99. The first kappa shape index (κ1) is 16.6. The highest BCUT2D eigenvalue weighted by molar-refractivity contribution is 6.31. The molecule has 0 aliphatic carbocycles. The van der Waals surface area contributed by atoms with Crippen LogP contribution >= 0.6 is 11.6 Å². The van der Waals surface area contributed by atoms with Crippen LogP contribution in [-0.2, 0) is 4.74 Å². The number of hydrogen-bond donors (Lipinski definition) is 1. The zero-order valence-electron chi connectivity index (χ0n) is 13.6. The first-order valence-corrected chi connectivity index (χ1v) is 8.20. The number of rotatable bonds is 5. The van der Waals surface area contributed by atoms with Crippen molar-refractivity contribution in [3.63, 3.8) is 0 Å². The number of methoxy groups -OCH3 is 1. The van der Waals surface area contributed by atoms with Gasteiger partial charge in [-0.1, -0.05) is 24.6 Å². The van der Waals surface area contributed by atoms with E-state index < -0.39 is 0 Å². The summed E-state index contributed by atoms with van der Waals surface area (Å²) in [5.41, 5.74) is 2.30. The molecule has 1 N–H and O–H groups in total. The highest BCUT2D eigenvalue weighted by Crippen LogP contribution is 2.32. The van der Waals surface area contributed by atoms with E-state index in [0.717, 1.165) is 43.1 Å². The molecule has 0 saturated carbocycles. The summed E-state index contributed by atoms with van der Waals surface area (Å²) < 4.78 is 5.67. The van der Waals surface area contributed by atoms with Crippen LogP contribution in [0.5, 0.6) is 0 Å². The summed E-state index contributed by atoms with van der Waals surface area (Å²) in [6, 6.07) is 6.69. The van der Waals surface area contributed by atoms with Crippen LogP contribution in [0.25, 0.3) is 0 Å². The zero-order chi connectivity index (χ0) is 15.5. The molecule has 21 heavy (non-hydrogen) atoms. The van der Waals surface area contributed by atoms with Crippen molar-refractivity contribution in [2.75, 3.05) is 31.6 Å². The molecule has 1 aromatic carbocycles. The summed E-state index contributed by atoms with van der Waals surface area (Å²) in [6.07, 6.45) is 2.26. The van der Waals surface area contributed by atoms with Crippen molar-refractivity contribution >= 4 is 17.3 Å². The van der Waals surface area contributed by atoms with Gasteiger partial charge in [0.15, 0.2) is 0 Å².